The van der Waals surface area contributed by atoms with Gasteiger partial charge >= 0.3 is 13.0 Å². The molecule has 0 bridgehead atoms. The fraction of sp³-hybridized carbons (Fsp3) is 0.250. The van der Waals surface area contributed by atoms with Crippen molar-refractivity contribution < 1.29 is 28.2 Å². The summed E-state index contributed by atoms with van der Waals surface area (Å²) < 4.78 is 18.8. The number of diazo groups is 1. The van der Waals surface area contributed by atoms with E-state index in [2.05, 4.69) is 4.98 Å². The third-order valence-corrected chi connectivity index (χ3v) is 1.65. The summed E-state index contributed by atoms with van der Waals surface area (Å²) in [7, 11) is -4.26. The second kappa shape index (κ2) is 15.5. The molecule has 0 aromatic heterocycles. The fourth-order valence-electron chi connectivity index (χ4n) is 0.495. The second-order valence-corrected chi connectivity index (χ2v) is 3.73. The predicted octanol–water partition coefficient (Wildman–Crippen LogP) is -0.110. The third kappa shape index (κ3) is 23.9. The highest BCUT2D eigenvalue weighted by Gasteiger charge is 1.96. The zero-order valence-electron chi connectivity index (χ0n) is 9.58. The number of thiol groups is 1. The summed E-state index contributed by atoms with van der Waals surface area (Å²) in [5.41, 5.74) is 0.590. The molecule has 0 radical (unpaired) electrons. The van der Waals surface area contributed by atoms with Crippen molar-refractivity contribution in [1.82, 2.24) is 0 Å². The van der Waals surface area contributed by atoms with Gasteiger partial charge in [0.05, 0.1) is 0 Å². The van der Waals surface area contributed by atoms with Crippen LogP contribution in [0.3, 0.4) is 0 Å². The van der Waals surface area contributed by atoms with E-state index in [1.165, 1.54) is 0 Å². The van der Waals surface area contributed by atoms with Gasteiger partial charge in [0.25, 0.3) is 0 Å². The van der Waals surface area contributed by atoms with E-state index in [1.54, 1.807) is 19.1 Å². The molecular weight excluding hydrogens is 266 g/mol. The summed E-state index contributed by atoms with van der Waals surface area (Å²) in [5.74, 6) is 0.259. The predicted molar refractivity (Wildman–Crippen MR) is 67.0 cm³/mol. The molecule has 0 heterocycles. The molecule has 7 nitrogen and oxygen atoms in total. The van der Waals surface area contributed by atoms with E-state index >= 15 is 0 Å². The minimum atomic E-state index is -2.17. The SMILES string of the molecule is CC[SH](=O)=O.F.N#[N+]c1ccccc1.OB(O)O. The van der Waals surface area contributed by atoms with E-state index in [0.717, 1.165) is 0 Å². The molecule has 3 N–H and O–H groups in total. The van der Waals surface area contributed by atoms with E-state index in [9.17, 15) is 8.42 Å². The first-order valence-electron chi connectivity index (χ1n) is 4.50. The van der Waals surface area contributed by atoms with Gasteiger partial charge in [0, 0.05) is 17.9 Å². The van der Waals surface area contributed by atoms with Gasteiger partial charge in [0.1, 0.15) is 10.7 Å². The first-order chi connectivity index (χ1) is 7.93. The molecule has 102 valence electrons. The number of benzene rings is 1. The normalized spacial score (nSPS) is 7.56. The van der Waals surface area contributed by atoms with Crippen LogP contribution in [-0.2, 0) is 10.7 Å². The monoisotopic (exact) mass is 281 g/mol. The Bertz CT molecular complexity index is 385. The number of nitrogens with zero attached hydrogens (tertiary/aromatic N) is 2. The second-order valence-electron chi connectivity index (χ2n) is 2.43. The Kier molecular flexibility index (Phi) is 18.7. The van der Waals surface area contributed by atoms with Gasteiger partial charge in [0.15, 0.2) is 4.98 Å². The van der Waals surface area contributed by atoms with Gasteiger partial charge < -0.3 is 15.1 Å². The van der Waals surface area contributed by atoms with Gasteiger partial charge in [-0.15, -0.1) is 0 Å². The maximum absolute atomic E-state index is 9.41. The van der Waals surface area contributed by atoms with E-state index in [-0.39, 0.29) is 10.5 Å². The van der Waals surface area contributed by atoms with Gasteiger partial charge in [-0.3, -0.25) is 4.70 Å². The number of hydrogen-bond donors (Lipinski definition) is 4. The van der Waals surface area contributed by atoms with Crippen LogP contribution in [0.4, 0.5) is 10.4 Å². The van der Waals surface area contributed by atoms with E-state index in [0.29, 0.717) is 5.69 Å². The average Bonchev–Trinajstić information content (AvgIpc) is 2.30. The average molecular weight is 281 g/mol. The largest absolute Gasteiger partial charge is 0.631 e. The van der Waals surface area contributed by atoms with Crippen molar-refractivity contribution in [2.75, 3.05) is 5.75 Å². The Morgan fingerprint density at radius 2 is 1.56 bits per heavy atom. The molecule has 0 amide bonds. The molecule has 0 fully saturated rings. The molecule has 1 aromatic rings. The van der Waals surface area contributed by atoms with Crippen LogP contribution in [0.15, 0.2) is 30.3 Å². The third-order valence-electron chi connectivity index (χ3n) is 1.13. The minimum absolute atomic E-state index is 0. The smallest absolute Gasteiger partial charge is 0.402 e. The lowest BCUT2D eigenvalue weighted by Gasteiger charge is -1.69. The molecule has 0 unspecified atom stereocenters. The summed E-state index contributed by atoms with van der Waals surface area (Å²) in [6.45, 7) is 1.60. The quantitative estimate of drug-likeness (QED) is 0.323. The van der Waals surface area contributed by atoms with Gasteiger partial charge in [-0.2, -0.15) is 0 Å². The van der Waals surface area contributed by atoms with E-state index < -0.39 is 18.0 Å². The standard InChI is InChI=1S/C6H5N2.C2H6O2S.BH3O3.FH/c7-8-6-4-2-1-3-5-6;1-2-5(3)4;2-1(3)4;/h1-5H;5H,2H2,1H3;2-4H;1H/q+1;;;. The molecular formula is C8H15BFN2O5S+. The van der Waals surface area contributed by atoms with Crippen LogP contribution in [-0.4, -0.2) is 36.6 Å². The Balaban J connectivity index is -0.000000198. The zero-order chi connectivity index (χ0) is 13.7. The van der Waals surface area contributed by atoms with Crippen molar-refractivity contribution in [1.29, 1.82) is 5.39 Å². The Morgan fingerprint density at radius 3 is 1.72 bits per heavy atom. The molecule has 0 aliphatic rings. The molecule has 0 saturated heterocycles. The molecule has 10 heteroatoms. The lowest BCUT2D eigenvalue weighted by Crippen LogP contribution is -2.07. The van der Waals surface area contributed by atoms with Crippen molar-refractivity contribution in [3.63, 3.8) is 0 Å². The molecule has 18 heavy (non-hydrogen) atoms. The lowest BCUT2D eigenvalue weighted by atomic mass is 10.3. The maximum Gasteiger partial charge on any atom is 0.631 e. The molecule has 0 aliphatic heterocycles. The van der Waals surface area contributed by atoms with Crippen molar-refractivity contribution in [3.8, 4) is 0 Å². The molecule has 1 aromatic carbocycles. The summed E-state index contributed by atoms with van der Waals surface area (Å²) in [6.07, 6.45) is 0. The van der Waals surface area contributed by atoms with Crippen molar-refractivity contribution >= 4 is 23.7 Å². The van der Waals surface area contributed by atoms with Crippen LogP contribution in [0.1, 0.15) is 6.92 Å². The number of halogens is 1. The Labute approximate surface area is 106 Å². The highest BCUT2D eigenvalue weighted by atomic mass is 32.2. The first-order valence-corrected chi connectivity index (χ1v) is 5.86. The number of rotatable bonds is 1. The molecule has 0 spiro atoms. The van der Waals surface area contributed by atoms with Crippen molar-refractivity contribution in [3.05, 3.63) is 35.3 Å². The van der Waals surface area contributed by atoms with Crippen LogP contribution in [0.25, 0.3) is 4.98 Å². The van der Waals surface area contributed by atoms with E-state index in [1.807, 2.05) is 18.2 Å². The summed E-state index contributed by atoms with van der Waals surface area (Å²) in [5, 5.41) is 29.7. The zero-order valence-corrected chi connectivity index (χ0v) is 10.5. The van der Waals surface area contributed by atoms with Crippen LogP contribution >= 0.6 is 0 Å². The van der Waals surface area contributed by atoms with Crippen LogP contribution < -0.4 is 0 Å². The minimum Gasteiger partial charge on any atom is -0.402 e. The molecule has 1 rings (SSSR count). The van der Waals surface area contributed by atoms with Gasteiger partial charge in [-0.1, -0.05) is 25.1 Å². The molecule has 0 saturated carbocycles. The Hall–Kier alpha value is -1.54. The summed E-state index contributed by atoms with van der Waals surface area (Å²) in [4.78, 5) is 2.97. The fourth-order valence-corrected chi connectivity index (χ4v) is 0.495. The van der Waals surface area contributed by atoms with Gasteiger partial charge in [0.2, 0.25) is 5.39 Å². The number of hydrogen-bond acceptors (Lipinski definition) is 6. The van der Waals surface area contributed by atoms with E-state index in [4.69, 9.17) is 20.5 Å². The van der Waals surface area contributed by atoms with Crippen LogP contribution in [0, 0.1) is 5.39 Å². The van der Waals surface area contributed by atoms with Crippen molar-refractivity contribution in [2.24, 2.45) is 0 Å². The van der Waals surface area contributed by atoms with Crippen molar-refractivity contribution in [2.45, 2.75) is 6.92 Å². The maximum atomic E-state index is 9.41. The molecule has 0 aliphatic carbocycles. The topological polar surface area (TPSA) is 123 Å². The van der Waals surface area contributed by atoms with Crippen LogP contribution in [0.2, 0.25) is 0 Å². The summed E-state index contributed by atoms with van der Waals surface area (Å²) in [6, 6.07) is 8.94. The summed E-state index contributed by atoms with van der Waals surface area (Å²) >= 11 is 0. The van der Waals surface area contributed by atoms with Crippen LogP contribution in [0.5, 0.6) is 0 Å². The van der Waals surface area contributed by atoms with Gasteiger partial charge in [-0.25, -0.2) is 8.42 Å². The van der Waals surface area contributed by atoms with Gasteiger partial charge in [-0.05, 0) is 0 Å². The molecule has 0 atom stereocenters. The highest BCUT2D eigenvalue weighted by Crippen LogP contribution is 2.07. The highest BCUT2D eigenvalue weighted by molar-refractivity contribution is 7.72. The lowest BCUT2D eigenvalue weighted by molar-refractivity contribution is 0.278. The first kappa shape index (κ1) is 21.7. The Morgan fingerprint density at radius 1 is 1.22 bits per heavy atom.